The summed E-state index contributed by atoms with van der Waals surface area (Å²) >= 11 is 0. The van der Waals surface area contributed by atoms with Crippen molar-refractivity contribution in [2.75, 3.05) is 17.3 Å². The molecule has 114 valence electrons. The zero-order valence-corrected chi connectivity index (χ0v) is 12.2. The number of aromatic hydroxyl groups is 2. The molecular formula is C16H16N2O4. The summed E-state index contributed by atoms with van der Waals surface area (Å²) in [6, 6.07) is 10.6. The summed E-state index contributed by atoms with van der Waals surface area (Å²) in [6.45, 7) is 1.80. The lowest BCUT2D eigenvalue weighted by Crippen LogP contribution is -2.37. The molecule has 2 rings (SSSR count). The van der Waals surface area contributed by atoms with Gasteiger partial charge in [0.15, 0.2) is 0 Å². The van der Waals surface area contributed by atoms with Crippen LogP contribution < -0.4 is 10.2 Å². The fourth-order valence-electron chi connectivity index (χ4n) is 1.87. The van der Waals surface area contributed by atoms with Crippen LogP contribution in [0.25, 0.3) is 0 Å². The number of hydrogen-bond acceptors (Lipinski definition) is 4. The Morgan fingerprint density at radius 2 is 1.68 bits per heavy atom. The van der Waals surface area contributed by atoms with E-state index in [0.717, 1.165) is 10.5 Å². The maximum absolute atomic E-state index is 12.1. The molecule has 0 spiro atoms. The van der Waals surface area contributed by atoms with Crippen LogP contribution >= 0.6 is 0 Å². The molecule has 0 unspecified atom stereocenters. The van der Waals surface area contributed by atoms with Gasteiger partial charge in [0.05, 0.1) is 5.69 Å². The van der Waals surface area contributed by atoms with Crippen LogP contribution in [0.4, 0.5) is 11.4 Å². The van der Waals surface area contributed by atoms with E-state index in [9.17, 15) is 19.8 Å². The molecule has 22 heavy (non-hydrogen) atoms. The number of benzene rings is 2. The van der Waals surface area contributed by atoms with E-state index in [1.165, 1.54) is 43.4 Å². The van der Waals surface area contributed by atoms with Crippen molar-refractivity contribution >= 4 is 23.2 Å². The van der Waals surface area contributed by atoms with Crippen LogP contribution in [0.1, 0.15) is 5.56 Å². The molecule has 0 aliphatic rings. The molecular weight excluding hydrogens is 284 g/mol. The first-order valence-electron chi connectivity index (χ1n) is 6.56. The van der Waals surface area contributed by atoms with E-state index < -0.39 is 11.8 Å². The Balaban J connectivity index is 2.11. The molecule has 0 saturated carbocycles. The van der Waals surface area contributed by atoms with Crippen molar-refractivity contribution in [3.63, 3.8) is 0 Å². The van der Waals surface area contributed by atoms with Crippen molar-refractivity contribution in [2.24, 2.45) is 0 Å². The number of rotatable bonds is 2. The first-order chi connectivity index (χ1) is 10.4. The van der Waals surface area contributed by atoms with Crippen LogP contribution in [0.15, 0.2) is 42.5 Å². The highest BCUT2D eigenvalue weighted by molar-refractivity contribution is 6.44. The maximum atomic E-state index is 12.1. The highest BCUT2D eigenvalue weighted by atomic mass is 16.3. The molecule has 3 N–H and O–H groups in total. The zero-order chi connectivity index (χ0) is 16.3. The lowest BCUT2D eigenvalue weighted by Gasteiger charge is -2.17. The third-order valence-electron chi connectivity index (χ3n) is 3.14. The van der Waals surface area contributed by atoms with Gasteiger partial charge in [-0.3, -0.25) is 9.59 Å². The number of phenolic OH excluding ortho intramolecular Hbond substituents is 2. The summed E-state index contributed by atoms with van der Waals surface area (Å²) in [4.78, 5) is 25.2. The van der Waals surface area contributed by atoms with Gasteiger partial charge in [0.1, 0.15) is 11.5 Å². The number of likely N-dealkylation sites (N-methyl/N-ethyl adjacent to an activating group) is 1. The van der Waals surface area contributed by atoms with Gasteiger partial charge in [-0.05, 0) is 48.9 Å². The van der Waals surface area contributed by atoms with Crippen molar-refractivity contribution in [3.8, 4) is 11.5 Å². The summed E-state index contributed by atoms with van der Waals surface area (Å²) in [7, 11) is 1.45. The second kappa shape index (κ2) is 6.17. The van der Waals surface area contributed by atoms with Gasteiger partial charge in [-0.15, -0.1) is 0 Å². The molecule has 2 aromatic carbocycles. The van der Waals surface area contributed by atoms with E-state index in [-0.39, 0.29) is 17.2 Å². The van der Waals surface area contributed by atoms with Gasteiger partial charge in [-0.1, -0.05) is 6.07 Å². The molecule has 0 saturated heterocycles. The third-order valence-corrected chi connectivity index (χ3v) is 3.14. The smallest absolute Gasteiger partial charge is 0.316 e. The summed E-state index contributed by atoms with van der Waals surface area (Å²) in [5.41, 5.74) is 1.47. The number of phenols is 2. The van der Waals surface area contributed by atoms with Crippen LogP contribution in [0.2, 0.25) is 0 Å². The number of carbonyl (C=O) groups excluding carboxylic acids is 2. The highest BCUT2D eigenvalue weighted by Gasteiger charge is 2.21. The van der Waals surface area contributed by atoms with E-state index in [0.29, 0.717) is 5.69 Å². The average molecular weight is 300 g/mol. The Kier molecular flexibility index (Phi) is 4.31. The number of hydrogen-bond donors (Lipinski definition) is 3. The first kappa shape index (κ1) is 15.4. The molecule has 0 radical (unpaired) electrons. The molecule has 0 fully saturated rings. The Hall–Kier alpha value is -3.02. The number of nitrogens with zero attached hydrogens (tertiary/aromatic N) is 1. The fraction of sp³-hybridized carbons (Fsp3) is 0.125. The number of nitrogens with one attached hydrogen (secondary N) is 1. The topological polar surface area (TPSA) is 89.9 Å². The average Bonchev–Trinajstić information content (AvgIpc) is 2.49. The minimum Gasteiger partial charge on any atom is -0.508 e. The largest absolute Gasteiger partial charge is 0.508 e. The number of amides is 2. The predicted octanol–water partition coefficient (Wildman–Crippen LogP) is 2.01. The quantitative estimate of drug-likeness (QED) is 0.584. The molecule has 0 heterocycles. The van der Waals surface area contributed by atoms with Gasteiger partial charge in [-0.25, -0.2) is 0 Å². The summed E-state index contributed by atoms with van der Waals surface area (Å²) < 4.78 is 0. The highest BCUT2D eigenvalue weighted by Crippen LogP contribution is 2.24. The van der Waals surface area contributed by atoms with Gasteiger partial charge in [0.2, 0.25) is 0 Å². The van der Waals surface area contributed by atoms with Crippen LogP contribution in [0.5, 0.6) is 11.5 Å². The molecule has 0 aliphatic heterocycles. The molecule has 2 amide bonds. The number of carbonyl (C=O) groups is 2. The Labute approximate surface area is 127 Å². The van der Waals surface area contributed by atoms with Gasteiger partial charge < -0.3 is 20.4 Å². The zero-order valence-electron chi connectivity index (χ0n) is 12.2. The van der Waals surface area contributed by atoms with E-state index in [4.69, 9.17) is 0 Å². The monoisotopic (exact) mass is 300 g/mol. The molecule has 0 aliphatic carbocycles. The van der Waals surface area contributed by atoms with Crippen LogP contribution in [0.3, 0.4) is 0 Å². The van der Waals surface area contributed by atoms with Gasteiger partial charge >= 0.3 is 11.8 Å². The van der Waals surface area contributed by atoms with Crippen LogP contribution in [-0.2, 0) is 9.59 Å². The standard InChI is InChI=1S/C16H16N2O4/c1-10-3-8-13(14(20)9-10)17-15(21)16(22)18(2)11-4-6-12(19)7-5-11/h3-9,19-20H,1-2H3,(H,17,21). The predicted molar refractivity (Wildman–Crippen MR) is 83.0 cm³/mol. The van der Waals surface area contributed by atoms with Gasteiger partial charge in [-0.2, -0.15) is 0 Å². The van der Waals surface area contributed by atoms with E-state index in [1.54, 1.807) is 13.0 Å². The SMILES string of the molecule is Cc1ccc(NC(=O)C(=O)N(C)c2ccc(O)cc2)c(O)c1. The van der Waals surface area contributed by atoms with E-state index >= 15 is 0 Å². The summed E-state index contributed by atoms with van der Waals surface area (Å²) in [5, 5.41) is 21.3. The minimum atomic E-state index is -0.866. The number of anilines is 2. The van der Waals surface area contributed by atoms with Crippen molar-refractivity contribution in [3.05, 3.63) is 48.0 Å². The van der Waals surface area contributed by atoms with Gasteiger partial charge in [0, 0.05) is 12.7 Å². The Morgan fingerprint density at radius 3 is 2.27 bits per heavy atom. The van der Waals surface area contributed by atoms with Crippen LogP contribution in [-0.4, -0.2) is 29.1 Å². The summed E-state index contributed by atoms with van der Waals surface area (Å²) in [5.74, 6) is -1.69. The van der Waals surface area contributed by atoms with Crippen molar-refractivity contribution < 1.29 is 19.8 Å². The summed E-state index contributed by atoms with van der Waals surface area (Å²) in [6.07, 6.45) is 0. The van der Waals surface area contributed by atoms with Crippen molar-refractivity contribution in [1.82, 2.24) is 0 Å². The first-order valence-corrected chi connectivity index (χ1v) is 6.56. The van der Waals surface area contributed by atoms with E-state index in [2.05, 4.69) is 5.32 Å². The molecule has 6 nitrogen and oxygen atoms in total. The maximum Gasteiger partial charge on any atom is 0.316 e. The lowest BCUT2D eigenvalue weighted by molar-refractivity contribution is -0.134. The van der Waals surface area contributed by atoms with Crippen LogP contribution in [0, 0.1) is 6.92 Å². The third kappa shape index (κ3) is 3.35. The Bertz CT molecular complexity index is 711. The second-order valence-corrected chi connectivity index (χ2v) is 4.86. The fourth-order valence-corrected chi connectivity index (χ4v) is 1.87. The van der Waals surface area contributed by atoms with E-state index in [1.807, 2.05) is 0 Å². The van der Waals surface area contributed by atoms with Gasteiger partial charge in [0.25, 0.3) is 0 Å². The van der Waals surface area contributed by atoms with Crippen molar-refractivity contribution in [1.29, 1.82) is 0 Å². The normalized spacial score (nSPS) is 10.1. The Morgan fingerprint density at radius 1 is 1.05 bits per heavy atom. The minimum absolute atomic E-state index is 0.0682. The second-order valence-electron chi connectivity index (χ2n) is 4.86. The molecule has 2 aromatic rings. The number of aryl methyl sites for hydroxylation is 1. The molecule has 6 heteroatoms. The molecule has 0 atom stereocenters. The molecule has 0 aromatic heterocycles. The lowest BCUT2D eigenvalue weighted by atomic mass is 10.2. The molecule has 0 bridgehead atoms. The van der Waals surface area contributed by atoms with Crippen molar-refractivity contribution in [2.45, 2.75) is 6.92 Å².